The lowest BCUT2D eigenvalue weighted by molar-refractivity contribution is -0.131. The van der Waals surface area contributed by atoms with Crippen molar-refractivity contribution in [3.05, 3.63) is 35.4 Å². The number of carbonyl (C=O) groups excluding carboxylic acids is 2. The molecule has 0 aliphatic carbocycles. The number of aryl methyl sites for hydroxylation is 1. The lowest BCUT2D eigenvalue weighted by atomic mass is 10.0. The first-order valence-corrected chi connectivity index (χ1v) is 6.51. The second-order valence-electron chi connectivity index (χ2n) is 4.88. The number of hydrogen-bond donors (Lipinski definition) is 1. The SMILES string of the molecule is Cc1ccc(C(=O)CCC(=O)N(C)C(C)CN)cc1. The molecule has 0 heterocycles. The molecule has 0 spiro atoms. The maximum absolute atomic E-state index is 11.9. The molecular formula is C15H22N2O2. The normalized spacial score (nSPS) is 12.0. The lowest BCUT2D eigenvalue weighted by Gasteiger charge is -2.23. The fourth-order valence-corrected chi connectivity index (χ4v) is 1.68. The van der Waals surface area contributed by atoms with Gasteiger partial charge in [0, 0.05) is 38.0 Å². The third-order valence-corrected chi connectivity index (χ3v) is 3.34. The molecule has 2 N–H and O–H groups in total. The molecule has 1 atom stereocenters. The van der Waals surface area contributed by atoms with Crippen molar-refractivity contribution in [1.82, 2.24) is 4.90 Å². The zero-order valence-corrected chi connectivity index (χ0v) is 11.8. The molecule has 4 heteroatoms. The van der Waals surface area contributed by atoms with Gasteiger partial charge in [0.05, 0.1) is 0 Å². The second kappa shape index (κ2) is 7.04. The molecule has 0 bridgehead atoms. The molecular weight excluding hydrogens is 240 g/mol. The van der Waals surface area contributed by atoms with Gasteiger partial charge in [0.2, 0.25) is 5.91 Å². The summed E-state index contributed by atoms with van der Waals surface area (Å²) in [6, 6.07) is 7.40. The first kappa shape index (κ1) is 15.4. The van der Waals surface area contributed by atoms with Gasteiger partial charge in [-0.05, 0) is 13.8 Å². The first-order valence-electron chi connectivity index (χ1n) is 6.51. The van der Waals surface area contributed by atoms with E-state index in [1.54, 1.807) is 24.1 Å². The summed E-state index contributed by atoms with van der Waals surface area (Å²) in [5, 5.41) is 0. The molecule has 0 aliphatic heterocycles. The molecule has 4 nitrogen and oxygen atoms in total. The van der Waals surface area contributed by atoms with Crippen molar-refractivity contribution >= 4 is 11.7 Å². The van der Waals surface area contributed by atoms with Gasteiger partial charge in [-0.3, -0.25) is 9.59 Å². The molecule has 0 radical (unpaired) electrons. The Morgan fingerprint density at radius 3 is 2.32 bits per heavy atom. The summed E-state index contributed by atoms with van der Waals surface area (Å²) in [6.45, 7) is 4.29. The van der Waals surface area contributed by atoms with Crippen LogP contribution in [0.5, 0.6) is 0 Å². The fourth-order valence-electron chi connectivity index (χ4n) is 1.68. The van der Waals surface area contributed by atoms with Crippen molar-refractivity contribution in [3.63, 3.8) is 0 Å². The number of likely N-dealkylation sites (N-methyl/N-ethyl adjacent to an activating group) is 1. The van der Waals surface area contributed by atoms with E-state index in [1.165, 1.54) is 0 Å². The summed E-state index contributed by atoms with van der Waals surface area (Å²) in [5.41, 5.74) is 7.29. The van der Waals surface area contributed by atoms with Gasteiger partial charge < -0.3 is 10.6 Å². The second-order valence-corrected chi connectivity index (χ2v) is 4.88. The summed E-state index contributed by atoms with van der Waals surface area (Å²) in [5.74, 6) is -0.0411. The molecule has 0 saturated heterocycles. The Balaban J connectivity index is 2.50. The van der Waals surface area contributed by atoms with Crippen LogP contribution in [0.15, 0.2) is 24.3 Å². The van der Waals surface area contributed by atoms with Crippen LogP contribution < -0.4 is 5.73 Å². The number of rotatable bonds is 6. The molecule has 1 rings (SSSR count). The number of ketones is 1. The number of hydrogen-bond acceptors (Lipinski definition) is 3. The fraction of sp³-hybridized carbons (Fsp3) is 0.467. The van der Waals surface area contributed by atoms with Gasteiger partial charge in [-0.2, -0.15) is 0 Å². The molecule has 1 aromatic carbocycles. The van der Waals surface area contributed by atoms with Crippen molar-refractivity contribution in [2.45, 2.75) is 32.7 Å². The predicted molar refractivity (Wildman–Crippen MR) is 76.0 cm³/mol. The summed E-state index contributed by atoms with van der Waals surface area (Å²) >= 11 is 0. The quantitative estimate of drug-likeness (QED) is 0.795. The summed E-state index contributed by atoms with van der Waals surface area (Å²) in [4.78, 5) is 25.4. The Labute approximate surface area is 114 Å². The number of Topliss-reactive ketones (excluding diaryl/α,β-unsaturated/α-hetero) is 1. The Morgan fingerprint density at radius 1 is 1.21 bits per heavy atom. The van der Waals surface area contributed by atoms with Crippen LogP contribution >= 0.6 is 0 Å². The van der Waals surface area contributed by atoms with E-state index in [0.717, 1.165) is 5.56 Å². The maximum Gasteiger partial charge on any atom is 0.223 e. The van der Waals surface area contributed by atoms with Crippen LogP contribution in [0.25, 0.3) is 0 Å². The van der Waals surface area contributed by atoms with Gasteiger partial charge in [-0.25, -0.2) is 0 Å². The molecule has 0 fully saturated rings. The molecule has 0 aromatic heterocycles. The first-order chi connectivity index (χ1) is 8.95. The minimum atomic E-state index is -0.0431. The van der Waals surface area contributed by atoms with E-state index in [9.17, 15) is 9.59 Å². The number of nitrogens with two attached hydrogens (primary N) is 1. The molecule has 19 heavy (non-hydrogen) atoms. The van der Waals surface area contributed by atoms with E-state index >= 15 is 0 Å². The van der Waals surface area contributed by atoms with Gasteiger partial charge in [-0.1, -0.05) is 29.8 Å². The Bertz CT molecular complexity index is 440. The minimum absolute atomic E-state index is 0.00183. The average Bonchev–Trinajstić information content (AvgIpc) is 2.43. The molecule has 1 unspecified atom stereocenters. The summed E-state index contributed by atoms with van der Waals surface area (Å²) < 4.78 is 0. The van der Waals surface area contributed by atoms with Gasteiger partial charge in [0.25, 0.3) is 0 Å². The zero-order chi connectivity index (χ0) is 14.4. The topological polar surface area (TPSA) is 63.4 Å². The van der Waals surface area contributed by atoms with E-state index in [2.05, 4.69) is 0 Å². The Hall–Kier alpha value is -1.68. The number of benzene rings is 1. The number of carbonyl (C=O) groups is 2. The van der Waals surface area contributed by atoms with Crippen molar-refractivity contribution in [2.75, 3.05) is 13.6 Å². The van der Waals surface area contributed by atoms with E-state index in [1.807, 2.05) is 26.0 Å². The van der Waals surface area contributed by atoms with E-state index in [0.29, 0.717) is 12.1 Å². The van der Waals surface area contributed by atoms with Crippen molar-refractivity contribution < 1.29 is 9.59 Å². The average molecular weight is 262 g/mol. The van der Waals surface area contributed by atoms with Crippen LogP contribution in [0.1, 0.15) is 35.7 Å². The maximum atomic E-state index is 11.9. The van der Waals surface area contributed by atoms with E-state index < -0.39 is 0 Å². The van der Waals surface area contributed by atoms with Crippen LogP contribution in [-0.4, -0.2) is 36.2 Å². The smallest absolute Gasteiger partial charge is 0.223 e. The molecule has 0 aliphatic rings. The lowest BCUT2D eigenvalue weighted by Crippen LogP contribution is -2.39. The largest absolute Gasteiger partial charge is 0.342 e. The minimum Gasteiger partial charge on any atom is -0.342 e. The highest BCUT2D eigenvalue weighted by Gasteiger charge is 2.16. The molecule has 1 amide bonds. The van der Waals surface area contributed by atoms with Crippen LogP contribution in [0.4, 0.5) is 0 Å². The Morgan fingerprint density at radius 2 is 1.79 bits per heavy atom. The summed E-state index contributed by atoms with van der Waals surface area (Å²) in [6.07, 6.45) is 0.469. The van der Waals surface area contributed by atoms with E-state index in [4.69, 9.17) is 5.73 Å². The Kier molecular flexibility index (Phi) is 5.70. The van der Waals surface area contributed by atoms with Crippen molar-refractivity contribution in [3.8, 4) is 0 Å². The molecule has 1 aromatic rings. The van der Waals surface area contributed by atoms with Crippen LogP contribution in [0.3, 0.4) is 0 Å². The van der Waals surface area contributed by atoms with Gasteiger partial charge in [0.15, 0.2) is 5.78 Å². The molecule has 0 saturated carbocycles. The third kappa shape index (κ3) is 4.48. The predicted octanol–water partition coefficient (Wildman–Crippen LogP) is 1.76. The number of amides is 1. The molecule has 104 valence electrons. The zero-order valence-electron chi connectivity index (χ0n) is 11.8. The third-order valence-electron chi connectivity index (χ3n) is 3.34. The van der Waals surface area contributed by atoms with Gasteiger partial charge >= 0.3 is 0 Å². The van der Waals surface area contributed by atoms with Crippen molar-refractivity contribution in [1.29, 1.82) is 0 Å². The highest BCUT2D eigenvalue weighted by Crippen LogP contribution is 2.09. The van der Waals surface area contributed by atoms with Crippen LogP contribution in [0.2, 0.25) is 0 Å². The van der Waals surface area contributed by atoms with Gasteiger partial charge in [0.1, 0.15) is 0 Å². The number of nitrogens with zero attached hydrogens (tertiary/aromatic N) is 1. The highest BCUT2D eigenvalue weighted by atomic mass is 16.2. The van der Waals surface area contributed by atoms with Crippen LogP contribution in [-0.2, 0) is 4.79 Å². The summed E-state index contributed by atoms with van der Waals surface area (Å²) in [7, 11) is 1.72. The monoisotopic (exact) mass is 262 g/mol. The van der Waals surface area contributed by atoms with Crippen molar-refractivity contribution in [2.24, 2.45) is 5.73 Å². The van der Waals surface area contributed by atoms with E-state index in [-0.39, 0.29) is 30.6 Å². The van der Waals surface area contributed by atoms with Crippen LogP contribution in [0, 0.1) is 6.92 Å². The standard InChI is InChI=1S/C15H22N2O2/c1-11-4-6-13(7-5-11)14(18)8-9-15(19)17(3)12(2)10-16/h4-7,12H,8-10,16H2,1-3H3. The van der Waals surface area contributed by atoms with Gasteiger partial charge in [-0.15, -0.1) is 0 Å². The highest BCUT2D eigenvalue weighted by molar-refractivity contribution is 5.97.